The van der Waals surface area contributed by atoms with Crippen LogP contribution in [0.5, 0.6) is 0 Å². The lowest BCUT2D eigenvalue weighted by molar-refractivity contribution is -0.138. The molecule has 6 nitrogen and oxygen atoms in total. The molecular formula is C21H33N3O3. The summed E-state index contributed by atoms with van der Waals surface area (Å²) in [4.78, 5) is 27.0. The van der Waals surface area contributed by atoms with E-state index in [-0.39, 0.29) is 18.5 Å². The number of carbonyl (C=O) groups is 2. The van der Waals surface area contributed by atoms with E-state index in [4.69, 9.17) is 5.11 Å². The van der Waals surface area contributed by atoms with Crippen LogP contribution in [0.3, 0.4) is 0 Å². The number of carbonyl (C=O) groups excluding carboxylic acids is 1. The topological polar surface area (TPSA) is 72.9 Å². The van der Waals surface area contributed by atoms with Crippen LogP contribution in [-0.2, 0) is 16.0 Å². The van der Waals surface area contributed by atoms with Crippen LogP contribution < -0.4 is 5.32 Å². The number of carboxylic acids is 1. The number of carboxylic acid groups (broad SMARTS) is 1. The smallest absolute Gasteiger partial charge is 0.317 e. The van der Waals surface area contributed by atoms with Gasteiger partial charge in [-0.1, -0.05) is 38.1 Å². The van der Waals surface area contributed by atoms with Crippen LogP contribution in [-0.4, -0.2) is 72.6 Å². The molecule has 1 aromatic rings. The molecule has 1 saturated heterocycles. The SMILES string of the molecule is CC(C)c1ccc(CCNC(=O)CN2CCC(N(C)CC(=O)O)CC2)cc1. The maximum absolute atomic E-state index is 12.2. The minimum atomic E-state index is -0.793. The van der Waals surface area contributed by atoms with E-state index < -0.39 is 5.97 Å². The average Bonchev–Trinajstić information content (AvgIpc) is 2.62. The number of likely N-dealkylation sites (tertiary alicyclic amines) is 1. The highest BCUT2D eigenvalue weighted by Gasteiger charge is 2.24. The van der Waals surface area contributed by atoms with Crippen molar-refractivity contribution in [3.8, 4) is 0 Å². The fraction of sp³-hybridized carbons (Fsp3) is 0.619. The molecule has 1 aromatic carbocycles. The van der Waals surface area contributed by atoms with Gasteiger partial charge in [-0.15, -0.1) is 0 Å². The first-order valence-electron chi connectivity index (χ1n) is 9.85. The molecule has 1 aliphatic rings. The quantitative estimate of drug-likeness (QED) is 0.690. The van der Waals surface area contributed by atoms with Gasteiger partial charge >= 0.3 is 5.97 Å². The number of likely N-dealkylation sites (N-methyl/N-ethyl adjacent to an activating group) is 1. The summed E-state index contributed by atoms with van der Waals surface area (Å²) in [6.45, 7) is 7.17. The van der Waals surface area contributed by atoms with Crippen molar-refractivity contribution in [3.05, 3.63) is 35.4 Å². The van der Waals surface area contributed by atoms with Crippen molar-refractivity contribution in [3.63, 3.8) is 0 Å². The van der Waals surface area contributed by atoms with E-state index in [0.717, 1.165) is 32.4 Å². The molecule has 1 aliphatic heterocycles. The molecule has 1 heterocycles. The molecule has 6 heteroatoms. The molecule has 0 saturated carbocycles. The van der Waals surface area contributed by atoms with Crippen LogP contribution >= 0.6 is 0 Å². The van der Waals surface area contributed by atoms with Gasteiger partial charge in [0.25, 0.3) is 0 Å². The number of hydrogen-bond donors (Lipinski definition) is 2. The van der Waals surface area contributed by atoms with Crippen molar-refractivity contribution < 1.29 is 14.7 Å². The largest absolute Gasteiger partial charge is 0.480 e. The third kappa shape index (κ3) is 7.31. The lowest BCUT2D eigenvalue weighted by Crippen LogP contribution is -2.47. The van der Waals surface area contributed by atoms with Crippen LogP contribution in [0.1, 0.15) is 43.7 Å². The van der Waals surface area contributed by atoms with Gasteiger partial charge in [-0.05, 0) is 43.4 Å². The summed E-state index contributed by atoms with van der Waals surface area (Å²) < 4.78 is 0. The summed E-state index contributed by atoms with van der Waals surface area (Å²) in [5.74, 6) is -0.198. The number of hydrogen-bond acceptors (Lipinski definition) is 4. The number of amides is 1. The molecule has 0 spiro atoms. The zero-order valence-electron chi connectivity index (χ0n) is 16.8. The minimum Gasteiger partial charge on any atom is -0.480 e. The average molecular weight is 376 g/mol. The van der Waals surface area contributed by atoms with Gasteiger partial charge in [0.05, 0.1) is 13.1 Å². The Kier molecular flexibility index (Phi) is 8.25. The summed E-state index contributed by atoms with van der Waals surface area (Å²) in [6, 6.07) is 8.88. The van der Waals surface area contributed by atoms with Gasteiger partial charge in [-0.2, -0.15) is 0 Å². The predicted octanol–water partition coefficient (Wildman–Crippen LogP) is 1.95. The van der Waals surface area contributed by atoms with Crippen molar-refractivity contribution in [1.29, 1.82) is 0 Å². The van der Waals surface area contributed by atoms with Crippen LogP contribution in [0.4, 0.5) is 0 Å². The Bertz CT molecular complexity index is 608. The van der Waals surface area contributed by atoms with E-state index in [1.54, 1.807) is 0 Å². The molecule has 27 heavy (non-hydrogen) atoms. The summed E-state index contributed by atoms with van der Waals surface area (Å²) >= 11 is 0. The van der Waals surface area contributed by atoms with Gasteiger partial charge in [-0.3, -0.25) is 19.4 Å². The highest BCUT2D eigenvalue weighted by molar-refractivity contribution is 5.78. The van der Waals surface area contributed by atoms with Crippen LogP contribution in [0, 0.1) is 0 Å². The molecule has 0 radical (unpaired) electrons. The summed E-state index contributed by atoms with van der Waals surface area (Å²) in [5, 5.41) is 11.9. The highest BCUT2D eigenvalue weighted by atomic mass is 16.4. The molecule has 1 amide bonds. The maximum Gasteiger partial charge on any atom is 0.317 e. The van der Waals surface area contributed by atoms with Crippen molar-refractivity contribution in [2.45, 2.75) is 45.1 Å². The van der Waals surface area contributed by atoms with Gasteiger partial charge in [-0.25, -0.2) is 0 Å². The predicted molar refractivity (Wildman–Crippen MR) is 107 cm³/mol. The van der Waals surface area contributed by atoms with Gasteiger partial charge in [0, 0.05) is 25.7 Å². The molecule has 0 aliphatic carbocycles. The number of piperidine rings is 1. The number of nitrogens with one attached hydrogen (secondary N) is 1. The Morgan fingerprint density at radius 3 is 2.41 bits per heavy atom. The second kappa shape index (κ2) is 10.4. The fourth-order valence-electron chi connectivity index (χ4n) is 3.54. The number of rotatable bonds is 9. The van der Waals surface area contributed by atoms with E-state index in [0.29, 0.717) is 19.0 Å². The number of nitrogens with zero attached hydrogens (tertiary/aromatic N) is 2. The minimum absolute atomic E-state index is 0.0612. The normalized spacial score (nSPS) is 16.0. The Morgan fingerprint density at radius 1 is 1.22 bits per heavy atom. The van der Waals surface area contributed by atoms with Gasteiger partial charge < -0.3 is 10.4 Å². The van der Waals surface area contributed by atoms with Crippen molar-refractivity contribution >= 4 is 11.9 Å². The standard InChI is InChI=1S/C21H33N3O3/c1-16(2)18-6-4-17(5-7-18)8-11-22-20(25)14-24-12-9-19(10-13-24)23(3)15-21(26)27/h4-7,16,19H,8-15H2,1-3H3,(H,22,25)(H,26,27). The van der Waals surface area contributed by atoms with E-state index in [1.165, 1.54) is 11.1 Å². The zero-order valence-corrected chi connectivity index (χ0v) is 16.8. The van der Waals surface area contributed by atoms with E-state index >= 15 is 0 Å². The van der Waals surface area contributed by atoms with E-state index in [2.05, 4.69) is 48.3 Å². The number of aliphatic carboxylic acids is 1. The first-order valence-corrected chi connectivity index (χ1v) is 9.85. The lowest BCUT2D eigenvalue weighted by atomic mass is 10.0. The van der Waals surface area contributed by atoms with E-state index in [9.17, 15) is 9.59 Å². The lowest BCUT2D eigenvalue weighted by Gasteiger charge is -2.35. The van der Waals surface area contributed by atoms with Crippen molar-refractivity contribution in [1.82, 2.24) is 15.1 Å². The van der Waals surface area contributed by atoms with Crippen LogP contribution in [0.2, 0.25) is 0 Å². The van der Waals surface area contributed by atoms with Crippen molar-refractivity contribution in [2.75, 3.05) is 39.8 Å². The Labute approximate surface area is 162 Å². The Balaban J connectivity index is 1.64. The third-order valence-corrected chi connectivity index (χ3v) is 5.31. The third-order valence-electron chi connectivity index (χ3n) is 5.31. The fourth-order valence-corrected chi connectivity index (χ4v) is 3.54. The first kappa shape index (κ1) is 21.4. The Morgan fingerprint density at radius 2 is 1.85 bits per heavy atom. The van der Waals surface area contributed by atoms with Gasteiger partial charge in [0.2, 0.25) is 5.91 Å². The molecule has 0 aromatic heterocycles. The summed E-state index contributed by atoms with van der Waals surface area (Å²) in [7, 11) is 1.86. The Hall–Kier alpha value is -1.92. The maximum atomic E-state index is 12.2. The van der Waals surface area contributed by atoms with Gasteiger partial charge in [0.15, 0.2) is 0 Å². The molecular weight excluding hydrogens is 342 g/mol. The molecule has 0 bridgehead atoms. The summed E-state index contributed by atoms with van der Waals surface area (Å²) in [6.07, 6.45) is 2.64. The highest BCUT2D eigenvalue weighted by Crippen LogP contribution is 2.16. The molecule has 0 unspecified atom stereocenters. The van der Waals surface area contributed by atoms with Crippen molar-refractivity contribution in [2.24, 2.45) is 0 Å². The molecule has 2 rings (SSSR count). The monoisotopic (exact) mass is 375 g/mol. The van der Waals surface area contributed by atoms with Crippen LogP contribution in [0.25, 0.3) is 0 Å². The molecule has 2 N–H and O–H groups in total. The van der Waals surface area contributed by atoms with Crippen LogP contribution in [0.15, 0.2) is 24.3 Å². The molecule has 1 fully saturated rings. The molecule has 150 valence electrons. The summed E-state index contributed by atoms with van der Waals surface area (Å²) in [5.41, 5.74) is 2.57. The second-order valence-corrected chi connectivity index (χ2v) is 7.81. The number of benzene rings is 1. The van der Waals surface area contributed by atoms with E-state index in [1.807, 2.05) is 11.9 Å². The first-order chi connectivity index (χ1) is 12.8. The van der Waals surface area contributed by atoms with Gasteiger partial charge in [0.1, 0.15) is 0 Å². The second-order valence-electron chi connectivity index (χ2n) is 7.81. The molecule has 0 atom stereocenters. The zero-order chi connectivity index (χ0) is 19.8.